The van der Waals surface area contributed by atoms with Crippen LogP contribution in [0.15, 0.2) is 69.9 Å². The number of ether oxygens (including phenoxy) is 2. The van der Waals surface area contributed by atoms with Crippen LogP contribution < -0.4 is 9.47 Å². The van der Waals surface area contributed by atoms with E-state index in [1.54, 1.807) is 6.92 Å². The van der Waals surface area contributed by atoms with Gasteiger partial charge < -0.3 is 19.7 Å². The average molecular weight is 733 g/mol. The Morgan fingerprint density at radius 1 is 0.491 bits per heavy atom. The molecule has 0 heterocycles. The Morgan fingerprint density at radius 2 is 0.830 bits per heavy atom. The smallest absolute Gasteiger partial charge is 0.311 e. The maximum Gasteiger partial charge on any atom is 0.311 e. The van der Waals surface area contributed by atoms with E-state index in [4.69, 9.17) is 9.47 Å². The summed E-state index contributed by atoms with van der Waals surface area (Å²) in [5, 5.41) is 20.6. The SMILES string of the molecule is CCCC(=O)Oc1c(C)c(C/C=C(\C)CC/C=C(\C)CC/C=C(\C)CC/C=C(\C)CC/C=C(\C)CCC=C(C)C)c(OC(=O)CCC)c(CO)c1CO. The van der Waals surface area contributed by atoms with Gasteiger partial charge in [0, 0.05) is 29.5 Å². The molecule has 1 aromatic rings. The molecular weight excluding hydrogens is 661 g/mol. The first-order valence-corrected chi connectivity index (χ1v) is 20.0. The number of allylic oxidation sites excluding steroid dienone is 12. The highest BCUT2D eigenvalue weighted by Gasteiger charge is 2.26. The van der Waals surface area contributed by atoms with Crippen molar-refractivity contribution in [3.63, 3.8) is 0 Å². The summed E-state index contributed by atoms with van der Waals surface area (Å²) in [6, 6.07) is 0. The van der Waals surface area contributed by atoms with Crippen LogP contribution in [0.5, 0.6) is 11.5 Å². The lowest BCUT2D eigenvalue weighted by Gasteiger charge is -2.22. The number of hydrogen-bond donors (Lipinski definition) is 2. The molecule has 6 heteroatoms. The quantitative estimate of drug-likeness (QED) is 0.0590. The summed E-state index contributed by atoms with van der Waals surface area (Å²) in [5.74, 6) is -0.327. The van der Waals surface area contributed by atoms with Gasteiger partial charge in [-0.3, -0.25) is 9.59 Å². The van der Waals surface area contributed by atoms with Gasteiger partial charge in [-0.05, 0) is 144 Å². The average Bonchev–Trinajstić information content (AvgIpc) is 3.09. The maximum atomic E-state index is 12.6. The number of benzene rings is 1. The van der Waals surface area contributed by atoms with Crippen LogP contribution in [-0.4, -0.2) is 22.2 Å². The standard InChI is InChI=1S/C47H72O6/c1-11-18-44(50)52-46-40(10)41(47(53-45(51)19-12-2)43(33-49)42(46)32-48)31-30-39(9)29-17-28-38(8)27-16-26-37(7)25-15-24-36(6)23-14-22-35(5)21-13-20-34(3)4/h20,22,24,26,28,30,48-49H,11-19,21,23,25,27,29,31-33H2,1-10H3/b35-22+,36-24+,37-26+,38-28+,39-30+. The molecule has 2 N–H and O–H groups in total. The van der Waals surface area contributed by atoms with Gasteiger partial charge in [-0.1, -0.05) is 83.7 Å². The van der Waals surface area contributed by atoms with E-state index in [0.717, 1.165) is 64.2 Å². The molecule has 0 saturated heterocycles. The van der Waals surface area contributed by atoms with Crippen LogP contribution in [0, 0.1) is 6.92 Å². The molecule has 0 spiro atoms. The molecule has 0 radical (unpaired) electrons. The first-order valence-electron chi connectivity index (χ1n) is 20.0. The third-order valence-corrected chi connectivity index (χ3v) is 9.51. The Kier molecular flexibility index (Phi) is 24.4. The Labute approximate surface area is 322 Å². The predicted octanol–water partition coefficient (Wildman–Crippen LogP) is 12.5. The maximum absolute atomic E-state index is 12.6. The molecule has 296 valence electrons. The highest BCUT2D eigenvalue weighted by Crippen LogP contribution is 2.40. The zero-order chi connectivity index (χ0) is 39.8. The van der Waals surface area contributed by atoms with Crippen LogP contribution >= 0.6 is 0 Å². The van der Waals surface area contributed by atoms with Crippen molar-refractivity contribution in [3.8, 4) is 11.5 Å². The van der Waals surface area contributed by atoms with Crippen LogP contribution in [0.25, 0.3) is 0 Å². The molecule has 0 aliphatic rings. The summed E-state index contributed by atoms with van der Waals surface area (Å²) >= 11 is 0. The second kappa shape index (κ2) is 27.2. The molecule has 0 atom stereocenters. The van der Waals surface area contributed by atoms with Crippen molar-refractivity contribution in [1.82, 2.24) is 0 Å². The molecule has 0 unspecified atom stereocenters. The van der Waals surface area contributed by atoms with E-state index in [1.165, 1.54) is 33.4 Å². The molecule has 0 saturated carbocycles. The van der Waals surface area contributed by atoms with E-state index in [-0.39, 0.29) is 35.5 Å². The third-order valence-electron chi connectivity index (χ3n) is 9.51. The van der Waals surface area contributed by atoms with Crippen LogP contribution in [0.3, 0.4) is 0 Å². The molecule has 0 aromatic heterocycles. The zero-order valence-electron chi connectivity index (χ0n) is 35.0. The van der Waals surface area contributed by atoms with Crippen molar-refractivity contribution in [2.24, 2.45) is 0 Å². The summed E-state index contributed by atoms with van der Waals surface area (Å²) in [5.41, 5.74) is 10.2. The van der Waals surface area contributed by atoms with E-state index >= 15 is 0 Å². The minimum atomic E-state index is -0.468. The number of rotatable bonds is 25. The fourth-order valence-electron chi connectivity index (χ4n) is 6.13. The van der Waals surface area contributed by atoms with Crippen LogP contribution in [0.4, 0.5) is 0 Å². The van der Waals surface area contributed by atoms with E-state index in [9.17, 15) is 19.8 Å². The number of esters is 2. The number of hydrogen-bond acceptors (Lipinski definition) is 6. The molecule has 0 amide bonds. The van der Waals surface area contributed by atoms with Gasteiger partial charge in [0.25, 0.3) is 0 Å². The highest BCUT2D eigenvalue weighted by molar-refractivity contribution is 5.77. The number of aliphatic hydroxyl groups excluding tert-OH is 2. The molecule has 0 fully saturated rings. The monoisotopic (exact) mass is 733 g/mol. The predicted molar refractivity (Wildman–Crippen MR) is 222 cm³/mol. The van der Waals surface area contributed by atoms with Crippen molar-refractivity contribution in [3.05, 3.63) is 92.1 Å². The molecular formula is C47H72O6. The van der Waals surface area contributed by atoms with E-state index < -0.39 is 25.2 Å². The van der Waals surface area contributed by atoms with Crippen molar-refractivity contribution in [1.29, 1.82) is 0 Å². The lowest BCUT2D eigenvalue weighted by Crippen LogP contribution is -2.16. The number of carbonyl (C=O) groups excluding carboxylic acids is 2. The fraction of sp³-hybridized carbons (Fsp3) is 0.574. The topological polar surface area (TPSA) is 93.1 Å². The van der Waals surface area contributed by atoms with Gasteiger partial charge >= 0.3 is 11.9 Å². The van der Waals surface area contributed by atoms with Gasteiger partial charge in [0.2, 0.25) is 0 Å². The molecule has 1 aromatic carbocycles. The molecule has 0 aliphatic heterocycles. The number of aliphatic hydroxyl groups is 2. The van der Waals surface area contributed by atoms with Gasteiger partial charge in [-0.25, -0.2) is 0 Å². The van der Waals surface area contributed by atoms with Gasteiger partial charge in [0.15, 0.2) is 0 Å². The normalized spacial score (nSPS) is 13.0. The van der Waals surface area contributed by atoms with Gasteiger partial charge in [-0.15, -0.1) is 0 Å². The van der Waals surface area contributed by atoms with Gasteiger partial charge in [-0.2, -0.15) is 0 Å². The summed E-state index contributed by atoms with van der Waals surface area (Å²) in [4.78, 5) is 25.1. The second-order valence-electron chi connectivity index (χ2n) is 14.9. The first-order chi connectivity index (χ1) is 25.3. The minimum Gasteiger partial charge on any atom is -0.426 e. The second-order valence-corrected chi connectivity index (χ2v) is 14.9. The lowest BCUT2D eigenvalue weighted by molar-refractivity contribution is -0.135. The van der Waals surface area contributed by atoms with Gasteiger partial charge in [0.1, 0.15) is 11.5 Å². The Bertz CT molecular complexity index is 1490. The lowest BCUT2D eigenvalue weighted by atomic mass is 9.93. The molecule has 6 nitrogen and oxygen atoms in total. The zero-order valence-corrected chi connectivity index (χ0v) is 35.0. The van der Waals surface area contributed by atoms with Crippen molar-refractivity contribution < 1.29 is 29.3 Å². The summed E-state index contributed by atoms with van der Waals surface area (Å²) < 4.78 is 11.5. The Morgan fingerprint density at radius 3 is 1.19 bits per heavy atom. The Balaban J connectivity index is 2.82. The third kappa shape index (κ3) is 19.4. The summed E-state index contributed by atoms with van der Waals surface area (Å²) in [7, 11) is 0. The fourth-order valence-corrected chi connectivity index (χ4v) is 6.13. The molecule has 1 rings (SSSR count). The van der Waals surface area contributed by atoms with E-state index in [2.05, 4.69) is 84.9 Å². The first kappa shape index (κ1) is 47.5. The molecule has 0 aliphatic carbocycles. The van der Waals surface area contributed by atoms with Gasteiger partial charge in [0.05, 0.1) is 13.2 Å². The summed E-state index contributed by atoms with van der Waals surface area (Å²) in [6.07, 6.45) is 26.7. The Hall–Kier alpha value is -3.48. The molecule has 0 bridgehead atoms. The van der Waals surface area contributed by atoms with Crippen molar-refractivity contribution in [2.45, 2.75) is 179 Å². The summed E-state index contributed by atoms with van der Waals surface area (Å²) in [6.45, 7) is 20.0. The van der Waals surface area contributed by atoms with E-state index in [0.29, 0.717) is 30.4 Å². The van der Waals surface area contributed by atoms with E-state index in [1.807, 2.05) is 13.8 Å². The largest absolute Gasteiger partial charge is 0.426 e. The van der Waals surface area contributed by atoms with Crippen LogP contribution in [0.1, 0.15) is 174 Å². The van der Waals surface area contributed by atoms with Crippen LogP contribution in [-0.2, 0) is 29.2 Å². The van der Waals surface area contributed by atoms with Crippen molar-refractivity contribution >= 4 is 11.9 Å². The van der Waals surface area contributed by atoms with Crippen LogP contribution in [0.2, 0.25) is 0 Å². The highest BCUT2D eigenvalue weighted by atomic mass is 16.5. The minimum absolute atomic E-state index is 0.230. The molecule has 53 heavy (non-hydrogen) atoms. The van der Waals surface area contributed by atoms with Crippen molar-refractivity contribution in [2.75, 3.05) is 0 Å². The number of carbonyl (C=O) groups is 2.